The number of amides is 2. The van der Waals surface area contributed by atoms with Gasteiger partial charge >= 0.3 is 0 Å². The van der Waals surface area contributed by atoms with Crippen LogP contribution in [0.2, 0.25) is 0 Å². The second kappa shape index (κ2) is 6.16. The fraction of sp³-hybridized carbons (Fsp3) is 0.538. The van der Waals surface area contributed by atoms with Crippen molar-refractivity contribution in [1.29, 1.82) is 0 Å². The molecule has 2 N–H and O–H groups in total. The van der Waals surface area contributed by atoms with Crippen LogP contribution in [0.25, 0.3) is 0 Å². The average molecular weight is 281 g/mol. The van der Waals surface area contributed by atoms with Crippen molar-refractivity contribution >= 4 is 23.2 Å². The average Bonchev–Trinajstić information content (AvgIpc) is 2.90. The number of fused-ring (bicyclic) bond motifs is 1. The third-order valence-corrected chi connectivity index (χ3v) is 4.38. The van der Waals surface area contributed by atoms with E-state index in [0.717, 1.165) is 13.0 Å². The number of nitrogens with one attached hydrogen (secondary N) is 2. The highest BCUT2D eigenvalue weighted by Gasteiger charge is 2.22. The van der Waals surface area contributed by atoms with Gasteiger partial charge in [-0.15, -0.1) is 11.3 Å². The minimum atomic E-state index is -0.351. The predicted octanol–water partition coefficient (Wildman–Crippen LogP) is 0.357. The molecule has 1 unspecified atom stereocenters. The summed E-state index contributed by atoms with van der Waals surface area (Å²) in [5.74, 6) is -0.0563. The van der Waals surface area contributed by atoms with Crippen molar-refractivity contribution in [3.63, 3.8) is 0 Å². The lowest BCUT2D eigenvalue weighted by atomic mass is 10.1. The van der Waals surface area contributed by atoms with Gasteiger partial charge < -0.3 is 10.2 Å². The van der Waals surface area contributed by atoms with Gasteiger partial charge in [0.05, 0.1) is 12.6 Å². The van der Waals surface area contributed by atoms with Crippen molar-refractivity contribution in [3.8, 4) is 0 Å². The van der Waals surface area contributed by atoms with Crippen LogP contribution in [0.3, 0.4) is 0 Å². The van der Waals surface area contributed by atoms with Gasteiger partial charge in [-0.2, -0.15) is 0 Å². The van der Waals surface area contributed by atoms with E-state index in [-0.39, 0.29) is 24.4 Å². The molecule has 0 radical (unpaired) electrons. The number of rotatable bonds is 4. The summed E-state index contributed by atoms with van der Waals surface area (Å²) in [6.07, 6.45) is 0.934. The molecule has 1 aliphatic heterocycles. The monoisotopic (exact) mass is 281 g/mol. The van der Waals surface area contributed by atoms with E-state index in [2.05, 4.69) is 22.1 Å². The molecular weight excluding hydrogens is 262 g/mol. The first-order valence-electron chi connectivity index (χ1n) is 6.40. The second-order valence-electron chi connectivity index (χ2n) is 4.65. The summed E-state index contributed by atoms with van der Waals surface area (Å²) in [5.41, 5.74) is 1.25. The standard InChI is InChI=1S/C13H19N3O2S/c1-9(13(18)14-2)15-7-12(17)16-5-3-11-10(8-16)4-6-19-11/h4,6,9,15H,3,5,7-8H2,1-2H3,(H,14,18). The second-order valence-corrected chi connectivity index (χ2v) is 5.65. The van der Waals surface area contributed by atoms with Gasteiger partial charge in [-0.05, 0) is 30.4 Å². The molecule has 0 bridgehead atoms. The van der Waals surface area contributed by atoms with E-state index in [4.69, 9.17) is 0 Å². The summed E-state index contributed by atoms with van der Waals surface area (Å²) < 4.78 is 0. The number of carbonyl (C=O) groups is 2. The maximum absolute atomic E-state index is 12.1. The van der Waals surface area contributed by atoms with E-state index in [1.54, 1.807) is 25.3 Å². The molecule has 0 fully saturated rings. The molecule has 6 heteroatoms. The summed E-state index contributed by atoms with van der Waals surface area (Å²) in [6.45, 7) is 3.41. The topological polar surface area (TPSA) is 61.4 Å². The van der Waals surface area contributed by atoms with E-state index in [1.165, 1.54) is 10.4 Å². The number of nitrogens with zero attached hydrogens (tertiary/aromatic N) is 1. The molecule has 1 aliphatic rings. The molecule has 104 valence electrons. The summed E-state index contributed by atoms with van der Waals surface area (Å²) in [6, 6.07) is 1.73. The van der Waals surface area contributed by atoms with Crippen LogP contribution in [0.5, 0.6) is 0 Å². The lowest BCUT2D eigenvalue weighted by molar-refractivity contribution is -0.131. The van der Waals surface area contributed by atoms with Crippen molar-refractivity contribution in [2.45, 2.75) is 25.9 Å². The molecular formula is C13H19N3O2S. The van der Waals surface area contributed by atoms with Gasteiger partial charge in [-0.25, -0.2) is 0 Å². The summed E-state index contributed by atoms with van der Waals surface area (Å²) >= 11 is 1.76. The van der Waals surface area contributed by atoms with E-state index in [9.17, 15) is 9.59 Å². The Hall–Kier alpha value is -1.40. The Balaban J connectivity index is 1.83. The SMILES string of the molecule is CNC(=O)C(C)NCC(=O)N1CCc2sccc2C1. The van der Waals surface area contributed by atoms with E-state index < -0.39 is 0 Å². The van der Waals surface area contributed by atoms with Crippen LogP contribution in [0.4, 0.5) is 0 Å². The smallest absolute Gasteiger partial charge is 0.236 e. The molecule has 0 saturated carbocycles. The van der Waals surface area contributed by atoms with E-state index >= 15 is 0 Å². The Morgan fingerprint density at radius 1 is 1.53 bits per heavy atom. The quantitative estimate of drug-likeness (QED) is 0.837. The molecule has 2 rings (SSSR count). The fourth-order valence-electron chi connectivity index (χ4n) is 2.12. The van der Waals surface area contributed by atoms with Crippen molar-refractivity contribution in [1.82, 2.24) is 15.5 Å². The van der Waals surface area contributed by atoms with Gasteiger partial charge in [0, 0.05) is 25.0 Å². The number of carbonyl (C=O) groups excluding carboxylic acids is 2. The van der Waals surface area contributed by atoms with Gasteiger partial charge in [0.25, 0.3) is 0 Å². The molecule has 0 saturated heterocycles. The van der Waals surface area contributed by atoms with Gasteiger partial charge in [-0.3, -0.25) is 14.9 Å². The lowest BCUT2D eigenvalue weighted by Crippen LogP contribution is -2.47. The normalized spacial score (nSPS) is 15.8. The van der Waals surface area contributed by atoms with Gasteiger partial charge in [0.15, 0.2) is 0 Å². The number of likely N-dealkylation sites (N-methyl/N-ethyl adjacent to an activating group) is 1. The van der Waals surface area contributed by atoms with Gasteiger partial charge in [0.2, 0.25) is 11.8 Å². The molecule has 1 aromatic heterocycles. The van der Waals surface area contributed by atoms with Crippen LogP contribution in [-0.2, 0) is 22.6 Å². The minimum absolute atomic E-state index is 0.0487. The number of hydrogen-bond acceptors (Lipinski definition) is 4. The summed E-state index contributed by atoms with van der Waals surface area (Å²) in [5, 5.41) is 7.57. The van der Waals surface area contributed by atoms with Crippen molar-refractivity contribution in [2.75, 3.05) is 20.1 Å². The first kappa shape index (κ1) is 14.0. The first-order valence-corrected chi connectivity index (χ1v) is 7.27. The summed E-state index contributed by atoms with van der Waals surface area (Å²) in [4.78, 5) is 26.6. The molecule has 0 aliphatic carbocycles. The Labute approximate surface area is 117 Å². The molecule has 1 aromatic rings. The Kier molecular flexibility index (Phi) is 4.55. The Bertz CT molecular complexity index is 472. The number of hydrogen-bond donors (Lipinski definition) is 2. The molecule has 2 amide bonds. The van der Waals surface area contributed by atoms with Crippen molar-refractivity contribution in [2.24, 2.45) is 0 Å². The number of thiophene rings is 1. The van der Waals surface area contributed by atoms with Crippen LogP contribution in [0, 0.1) is 0 Å². The third-order valence-electron chi connectivity index (χ3n) is 3.36. The van der Waals surface area contributed by atoms with Crippen LogP contribution in [-0.4, -0.2) is 42.9 Å². The summed E-state index contributed by atoms with van der Waals surface area (Å²) in [7, 11) is 1.59. The minimum Gasteiger partial charge on any atom is -0.358 e. The van der Waals surface area contributed by atoms with Crippen molar-refractivity contribution in [3.05, 3.63) is 21.9 Å². The van der Waals surface area contributed by atoms with E-state index in [1.807, 2.05) is 4.90 Å². The van der Waals surface area contributed by atoms with Crippen LogP contribution in [0.15, 0.2) is 11.4 Å². The highest BCUT2D eigenvalue weighted by atomic mass is 32.1. The van der Waals surface area contributed by atoms with Crippen molar-refractivity contribution < 1.29 is 9.59 Å². The van der Waals surface area contributed by atoms with Crippen LogP contribution < -0.4 is 10.6 Å². The molecule has 0 aromatic carbocycles. The first-order chi connectivity index (χ1) is 9.11. The zero-order valence-corrected chi connectivity index (χ0v) is 12.0. The largest absolute Gasteiger partial charge is 0.358 e. The molecule has 5 nitrogen and oxygen atoms in total. The molecule has 19 heavy (non-hydrogen) atoms. The highest BCUT2D eigenvalue weighted by Crippen LogP contribution is 2.23. The maximum Gasteiger partial charge on any atom is 0.236 e. The third kappa shape index (κ3) is 3.33. The molecule has 1 atom stereocenters. The highest BCUT2D eigenvalue weighted by molar-refractivity contribution is 7.10. The lowest BCUT2D eigenvalue weighted by Gasteiger charge is -2.27. The Morgan fingerprint density at radius 2 is 2.32 bits per heavy atom. The van der Waals surface area contributed by atoms with Crippen LogP contribution in [0.1, 0.15) is 17.4 Å². The van der Waals surface area contributed by atoms with E-state index in [0.29, 0.717) is 6.54 Å². The zero-order valence-electron chi connectivity index (χ0n) is 11.2. The fourth-order valence-corrected chi connectivity index (χ4v) is 3.01. The zero-order chi connectivity index (χ0) is 13.8. The predicted molar refractivity (Wildman–Crippen MR) is 75.0 cm³/mol. The maximum atomic E-state index is 12.1. The van der Waals surface area contributed by atoms with Crippen LogP contribution >= 0.6 is 11.3 Å². The van der Waals surface area contributed by atoms with Gasteiger partial charge in [-0.1, -0.05) is 0 Å². The Morgan fingerprint density at radius 3 is 3.05 bits per heavy atom. The van der Waals surface area contributed by atoms with Gasteiger partial charge in [0.1, 0.15) is 0 Å². The molecule has 0 spiro atoms. The molecule has 2 heterocycles.